The van der Waals surface area contributed by atoms with E-state index >= 15 is 0 Å². The molecule has 1 atom stereocenters. The molecule has 2 aromatic carbocycles. The van der Waals surface area contributed by atoms with Crippen LogP contribution in [-0.2, 0) is 9.53 Å². The number of benzene rings is 2. The maximum Gasteiger partial charge on any atom is 0.407 e. The number of nitrogens with one attached hydrogen (secondary N) is 1. The van der Waals surface area contributed by atoms with E-state index in [1.54, 1.807) is 0 Å². The van der Waals surface area contributed by atoms with Crippen LogP contribution < -0.4 is 5.32 Å². The number of aryl methyl sites for hydroxylation is 1. The van der Waals surface area contributed by atoms with Crippen molar-refractivity contribution in [3.8, 4) is 11.1 Å². The van der Waals surface area contributed by atoms with E-state index < -0.39 is 18.1 Å². The number of hydrogen-bond acceptors (Lipinski definition) is 4. The molecule has 3 aromatic rings. The Hall–Kier alpha value is -2.64. The highest BCUT2D eigenvalue weighted by molar-refractivity contribution is 9.10. The Morgan fingerprint density at radius 3 is 2.27 bits per heavy atom. The van der Waals surface area contributed by atoms with Crippen LogP contribution in [0.15, 0.2) is 59.1 Å². The van der Waals surface area contributed by atoms with Crippen molar-refractivity contribution in [2.24, 2.45) is 0 Å². The van der Waals surface area contributed by atoms with E-state index in [0.717, 1.165) is 36.5 Å². The van der Waals surface area contributed by atoms with Gasteiger partial charge in [0.05, 0.1) is 12.5 Å². The fourth-order valence-electron chi connectivity index (χ4n) is 3.83. The first-order valence-corrected chi connectivity index (χ1v) is 11.1. The van der Waals surface area contributed by atoms with Gasteiger partial charge in [-0.15, -0.1) is 11.3 Å². The van der Waals surface area contributed by atoms with Gasteiger partial charge < -0.3 is 15.2 Å². The molecule has 1 heterocycles. The molecule has 0 bridgehead atoms. The Kier molecular flexibility index (Phi) is 5.92. The number of fused-ring (bicyclic) bond motifs is 3. The smallest absolute Gasteiger partial charge is 0.407 e. The lowest BCUT2D eigenvalue weighted by Crippen LogP contribution is -2.31. The molecule has 1 aliphatic rings. The van der Waals surface area contributed by atoms with Crippen molar-refractivity contribution in [3.05, 3.63) is 80.0 Å². The summed E-state index contributed by atoms with van der Waals surface area (Å²) in [5.74, 6) is -1.03. The summed E-state index contributed by atoms with van der Waals surface area (Å²) in [6.07, 6.45) is -0.832. The lowest BCUT2D eigenvalue weighted by molar-refractivity contribution is -0.137. The zero-order valence-electron chi connectivity index (χ0n) is 16.2. The largest absolute Gasteiger partial charge is 0.481 e. The van der Waals surface area contributed by atoms with Crippen LogP contribution in [0.5, 0.6) is 0 Å². The third-order valence-electron chi connectivity index (χ3n) is 5.23. The van der Waals surface area contributed by atoms with E-state index in [-0.39, 0.29) is 18.9 Å². The number of carboxylic acids is 1. The van der Waals surface area contributed by atoms with Gasteiger partial charge in [-0.1, -0.05) is 48.5 Å². The number of alkyl carbamates (subject to hydrolysis) is 1. The molecule has 0 spiro atoms. The van der Waals surface area contributed by atoms with E-state index in [4.69, 9.17) is 4.74 Å². The van der Waals surface area contributed by atoms with Gasteiger partial charge in [-0.2, -0.15) is 0 Å². The first-order chi connectivity index (χ1) is 14.4. The van der Waals surface area contributed by atoms with Crippen molar-refractivity contribution >= 4 is 39.3 Å². The predicted molar refractivity (Wildman–Crippen MR) is 120 cm³/mol. The summed E-state index contributed by atoms with van der Waals surface area (Å²) >= 11 is 4.89. The molecular formula is C23H20BrNO4S. The van der Waals surface area contributed by atoms with Crippen molar-refractivity contribution in [3.63, 3.8) is 0 Å². The Labute approximate surface area is 186 Å². The molecule has 1 aromatic heterocycles. The zero-order chi connectivity index (χ0) is 21.3. The maximum absolute atomic E-state index is 12.5. The average molecular weight is 486 g/mol. The molecule has 7 heteroatoms. The molecule has 0 saturated carbocycles. The minimum atomic E-state index is -0.985. The molecule has 0 aliphatic heterocycles. The summed E-state index contributed by atoms with van der Waals surface area (Å²) in [6.45, 7) is 2.12. The van der Waals surface area contributed by atoms with E-state index in [9.17, 15) is 14.7 Å². The van der Waals surface area contributed by atoms with Gasteiger partial charge >= 0.3 is 12.1 Å². The monoisotopic (exact) mass is 485 g/mol. The molecule has 4 rings (SSSR count). The number of hydrogen-bond donors (Lipinski definition) is 2. The Bertz CT molecular complexity index is 1050. The first kappa shape index (κ1) is 20.6. The number of ether oxygens (including phenoxy) is 1. The zero-order valence-corrected chi connectivity index (χ0v) is 18.6. The van der Waals surface area contributed by atoms with Gasteiger partial charge in [0.15, 0.2) is 0 Å². The first-order valence-electron chi connectivity index (χ1n) is 9.53. The number of carbonyl (C=O) groups is 2. The SMILES string of the molecule is Cc1sc([C@H](CC(=O)O)NC(=O)OCC2c3ccccc3-c3ccccc32)cc1Br. The lowest BCUT2D eigenvalue weighted by atomic mass is 9.98. The molecule has 0 fully saturated rings. The highest BCUT2D eigenvalue weighted by Gasteiger charge is 2.29. The van der Waals surface area contributed by atoms with Crippen LogP contribution in [0.25, 0.3) is 11.1 Å². The summed E-state index contributed by atoms with van der Waals surface area (Å²) in [5.41, 5.74) is 4.58. The number of carboxylic acid groups (broad SMARTS) is 1. The van der Waals surface area contributed by atoms with Crippen LogP contribution in [-0.4, -0.2) is 23.8 Å². The quantitative estimate of drug-likeness (QED) is 0.457. The topological polar surface area (TPSA) is 75.6 Å². The van der Waals surface area contributed by atoms with Gasteiger partial charge in [0, 0.05) is 20.1 Å². The second kappa shape index (κ2) is 8.62. The van der Waals surface area contributed by atoms with E-state index in [2.05, 4.69) is 45.5 Å². The second-order valence-electron chi connectivity index (χ2n) is 7.17. The molecule has 1 aliphatic carbocycles. The molecule has 0 radical (unpaired) electrons. The van der Waals surface area contributed by atoms with Crippen LogP contribution in [0.3, 0.4) is 0 Å². The summed E-state index contributed by atoms with van der Waals surface area (Å²) < 4.78 is 6.46. The number of thiophene rings is 1. The van der Waals surface area contributed by atoms with Crippen molar-refractivity contribution < 1.29 is 19.4 Å². The fraction of sp³-hybridized carbons (Fsp3) is 0.217. The molecular weight excluding hydrogens is 466 g/mol. The van der Waals surface area contributed by atoms with E-state index in [1.165, 1.54) is 11.3 Å². The number of halogens is 1. The van der Waals surface area contributed by atoms with Gasteiger partial charge in [-0.3, -0.25) is 4.79 Å². The molecule has 0 unspecified atom stereocenters. The van der Waals surface area contributed by atoms with Crippen molar-refractivity contribution in [1.29, 1.82) is 0 Å². The van der Waals surface area contributed by atoms with Crippen LogP contribution in [0.1, 0.15) is 39.3 Å². The molecule has 5 nitrogen and oxygen atoms in total. The minimum Gasteiger partial charge on any atom is -0.481 e. The highest BCUT2D eigenvalue weighted by Crippen LogP contribution is 2.44. The fourth-order valence-corrected chi connectivity index (χ4v) is 5.45. The van der Waals surface area contributed by atoms with Gasteiger partial charge in [-0.25, -0.2) is 4.79 Å². The maximum atomic E-state index is 12.5. The number of carbonyl (C=O) groups excluding carboxylic acids is 1. The van der Waals surface area contributed by atoms with Crippen LogP contribution >= 0.6 is 27.3 Å². The van der Waals surface area contributed by atoms with Crippen molar-refractivity contribution in [1.82, 2.24) is 5.32 Å². The molecule has 0 saturated heterocycles. The molecule has 154 valence electrons. The van der Waals surface area contributed by atoms with Crippen LogP contribution in [0.2, 0.25) is 0 Å². The standard InChI is InChI=1S/C23H20BrNO4S/c1-13-19(24)10-21(30-13)20(11-22(26)27)25-23(28)29-12-18-16-8-4-2-6-14(16)15-7-3-5-9-17(15)18/h2-10,18,20H,11-12H2,1H3,(H,25,28)(H,26,27)/t20-/m0/s1. The van der Waals surface area contributed by atoms with Crippen LogP contribution in [0, 0.1) is 6.92 Å². The summed E-state index contributed by atoms with van der Waals surface area (Å²) in [5, 5.41) is 12.0. The molecule has 30 heavy (non-hydrogen) atoms. The number of rotatable bonds is 6. The summed E-state index contributed by atoms with van der Waals surface area (Å²) in [6, 6.07) is 17.4. The summed E-state index contributed by atoms with van der Waals surface area (Å²) in [4.78, 5) is 25.6. The Balaban J connectivity index is 1.48. The minimum absolute atomic E-state index is 0.0424. The van der Waals surface area contributed by atoms with Crippen LogP contribution in [0.4, 0.5) is 4.79 Å². The van der Waals surface area contributed by atoms with Crippen molar-refractivity contribution in [2.75, 3.05) is 6.61 Å². The van der Waals surface area contributed by atoms with Gasteiger partial charge in [0.1, 0.15) is 6.61 Å². The van der Waals surface area contributed by atoms with Gasteiger partial charge in [-0.05, 0) is 51.2 Å². The third-order valence-corrected chi connectivity index (χ3v) is 7.48. The third kappa shape index (κ3) is 4.13. The predicted octanol–water partition coefficient (Wildman–Crippen LogP) is 5.87. The van der Waals surface area contributed by atoms with Gasteiger partial charge in [0.25, 0.3) is 0 Å². The molecule has 2 N–H and O–H groups in total. The number of amides is 1. The Morgan fingerprint density at radius 2 is 1.73 bits per heavy atom. The highest BCUT2D eigenvalue weighted by atomic mass is 79.9. The van der Waals surface area contributed by atoms with Gasteiger partial charge in [0.2, 0.25) is 0 Å². The normalized spacial score (nSPS) is 13.4. The number of aliphatic carboxylic acids is 1. The van der Waals surface area contributed by atoms with E-state index in [0.29, 0.717) is 0 Å². The second-order valence-corrected chi connectivity index (χ2v) is 9.32. The summed E-state index contributed by atoms with van der Waals surface area (Å²) in [7, 11) is 0. The lowest BCUT2D eigenvalue weighted by Gasteiger charge is -2.18. The Morgan fingerprint density at radius 1 is 1.13 bits per heavy atom. The van der Waals surface area contributed by atoms with Crippen molar-refractivity contribution in [2.45, 2.75) is 25.3 Å². The van der Waals surface area contributed by atoms with E-state index in [1.807, 2.05) is 37.3 Å². The average Bonchev–Trinajstić information content (AvgIpc) is 3.23. The molecule has 1 amide bonds.